The molecule has 310 valence electrons. The van der Waals surface area contributed by atoms with E-state index in [1.165, 1.54) is 32.1 Å². The molecule has 14 nitrogen and oxygen atoms in total. The van der Waals surface area contributed by atoms with Crippen LogP contribution in [0.2, 0.25) is 0 Å². The molecule has 0 radical (unpaired) electrons. The lowest BCUT2D eigenvalue weighted by Crippen LogP contribution is -2.16. The first kappa shape index (κ1) is 50.5. The van der Waals surface area contributed by atoms with Crippen LogP contribution in [0.25, 0.3) is 0 Å². The zero-order valence-corrected chi connectivity index (χ0v) is 32.8. The number of unbranched alkanes of at least 4 members (excludes halogenated alkanes) is 8. The van der Waals surface area contributed by atoms with Crippen molar-refractivity contribution in [2.24, 2.45) is 0 Å². The zero-order valence-electron chi connectivity index (χ0n) is 32.8. The van der Waals surface area contributed by atoms with E-state index < -0.39 is 0 Å². The molecule has 0 unspecified atom stereocenters. The molecule has 0 saturated carbocycles. The second kappa shape index (κ2) is 45.7. The molecule has 0 fully saturated rings. The Morgan fingerprint density at radius 3 is 0.731 bits per heavy atom. The fraction of sp³-hybridized carbons (Fsp3) is 0.947. The van der Waals surface area contributed by atoms with Crippen molar-refractivity contribution in [3.05, 3.63) is 0 Å². The third kappa shape index (κ3) is 44.7. The molecule has 0 aliphatic carbocycles. The Bertz CT molecular complexity index is 715. The maximum Gasteiger partial charge on any atom is 0.305 e. The van der Waals surface area contributed by atoms with E-state index in [0.717, 1.165) is 32.1 Å². The van der Waals surface area contributed by atoms with Crippen LogP contribution >= 0.6 is 0 Å². The van der Waals surface area contributed by atoms with Gasteiger partial charge in [-0.2, -0.15) is 0 Å². The van der Waals surface area contributed by atoms with Crippen LogP contribution in [0, 0.1) is 0 Å². The minimum absolute atomic E-state index is 0.143. The first-order valence-corrected chi connectivity index (χ1v) is 19.8. The highest BCUT2D eigenvalue weighted by Gasteiger charge is 2.04. The minimum atomic E-state index is -0.162. The average Bonchev–Trinajstić information content (AvgIpc) is 3.14. The van der Waals surface area contributed by atoms with Crippen molar-refractivity contribution >= 4 is 11.9 Å². The number of esters is 2. The van der Waals surface area contributed by atoms with Crippen molar-refractivity contribution in [1.82, 2.24) is 0 Å². The molecule has 0 atom stereocenters. The van der Waals surface area contributed by atoms with Crippen LogP contribution in [0.3, 0.4) is 0 Å². The number of carbonyl (C=O) groups excluding carboxylic acids is 2. The van der Waals surface area contributed by atoms with E-state index in [4.69, 9.17) is 56.8 Å². The Morgan fingerprint density at radius 1 is 0.269 bits per heavy atom. The van der Waals surface area contributed by atoms with E-state index in [2.05, 4.69) is 13.8 Å². The predicted molar refractivity (Wildman–Crippen MR) is 197 cm³/mol. The molecular weight excluding hydrogens is 680 g/mol. The highest BCUT2D eigenvalue weighted by atomic mass is 16.6. The summed E-state index contributed by atoms with van der Waals surface area (Å²) >= 11 is 0. The SMILES string of the molecule is CCCCCCCCCC(=O)OCCOCCOCCOCCOCCOCCOCCOCCOCCOCCOCCOC(=O)CCCCC. The summed E-state index contributed by atoms with van der Waals surface area (Å²) in [7, 11) is 0. The van der Waals surface area contributed by atoms with Gasteiger partial charge in [-0.25, -0.2) is 0 Å². The van der Waals surface area contributed by atoms with Gasteiger partial charge in [-0.15, -0.1) is 0 Å². The molecule has 0 aliphatic rings. The van der Waals surface area contributed by atoms with Gasteiger partial charge in [-0.3, -0.25) is 9.59 Å². The Morgan fingerprint density at radius 2 is 0.462 bits per heavy atom. The standard InChI is InChI=1S/C38H74O14/c1-3-5-7-8-9-10-12-14-38(40)52-36-34-50-32-30-48-28-26-46-24-22-44-20-18-42-16-15-41-17-19-43-21-23-45-25-27-47-29-31-49-33-35-51-37(39)13-11-6-4-2/h3-36H2,1-2H3. The summed E-state index contributed by atoms with van der Waals surface area (Å²) in [5, 5.41) is 0. The van der Waals surface area contributed by atoms with Crippen molar-refractivity contribution in [1.29, 1.82) is 0 Å². The summed E-state index contributed by atoms with van der Waals surface area (Å²) in [6, 6.07) is 0. The van der Waals surface area contributed by atoms with Gasteiger partial charge in [0.05, 0.1) is 132 Å². The van der Waals surface area contributed by atoms with Gasteiger partial charge in [0.2, 0.25) is 0 Å². The van der Waals surface area contributed by atoms with Crippen molar-refractivity contribution in [3.63, 3.8) is 0 Å². The van der Waals surface area contributed by atoms with E-state index in [1.54, 1.807) is 0 Å². The molecule has 14 heteroatoms. The molecule has 0 saturated heterocycles. The molecule has 0 aliphatic heterocycles. The molecule has 0 aromatic carbocycles. The number of hydrogen-bond acceptors (Lipinski definition) is 14. The zero-order chi connectivity index (χ0) is 37.7. The Hall–Kier alpha value is -1.46. The first-order valence-electron chi connectivity index (χ1n) is 19.8. The fourth-order valence-corrected chi connectivity index (χ4v) is 4.40. The number of carbonyl (C=O) groups is 2. The van der Waals surface area contributed by atoms with E-state index in [1.807, 2.05) is 0 Å². The summed E-state index contributed by atoms with van der Waals surface area (Å²) in [6.07, 6.45) is 12.3. The van der Waals surface area contributed by atoms with Gasteiger partial charge in [0.15, 0.2) is 0 Å². The van der Waals surface area contributed by atoms with Crippen molar-refractivity contribution in [2.45, 2.75) is 90.9 Å². The molecular formula is C38H74O14. The van der Waals surface area contributed by atoms with Gasteiger partial charge in [-0.1, -0.05) is 65.2 Å². The van der Waals surface area contributed by atoms with Gasteiger partial charge < -0.3 is 56.8 Å². The normalized spacial score (nSPS) is 11.3. The third-order valence-corrected chi connectivity index (χ3v) is 7.30. The van der Waals surface area contributed by atoms with E-state index in [-0.39, 0.29) is 25.2 Å². The van der Waals surface area contributed by atoms with Crippen LogP contribution in [0.5, 0.6) is 0 Å². The van der Waals surface area contributed by atoms with E-state index >= 15 is 0 Å². The van der Waals surface area contributed by atoms with Crippen molar-refractivity contribution < 1.29 is 66.4 Å². The van der Waals surface area contributed by atoms with Gasteiger partial charge in [-0.05, 0) is 12.8 Å². The minimum Gasteiger partial charge on any atom is -0.463 e. The monoisotopic (exact) mass is 755 g/mol. The lowest BCUT2D eigenvalue weighted by Gasteiger charge is -2.09. The molecule has 0 aromatic heterocycles. The second-order valence-electron chi connectivity index (χ2n) is 11.9. The molecule has 0 amide bonds. The number of hydrogen-bond donors (Lipinski definition) is 0. The molecule has 52 heavy (non-hydrogen) atoms. The summed E-state index contributed by atoms with van der Waals surface area (Å²) in [4.78, 5) is 23.2. The molecule has 0 N–H and O–H groups in total. The molecule has 0 aromatic rings. The maximum atomic E-state index is 11.7. The Labute approximate surface area is 314 Å². The number of rotatable bonds is 45. The molecule has 0 spiro atoms. The summed E-state index contributed by atoms with van der Waals surface area (Å²) in [5.41, 5.74) is 0. The van der Waals surface area contributed by atoms with Gasteiger partial charge in [0.25, 0.3) is 0 Å². The van der Waals surface area contributed by atoms with Gasteiger partial charge >= 0.3 is 11.9 Å². The summed E-state index contributed by atoms with van der Waals surface area (Å²) < 4.78 is 64.9. The topological polar surface area (TPSA) is 145 Å². The van der Waals surface area contributed by atoms with Crippen LogP contribution in [0.4, 0.5) is 0 Å². The first-order chi connectivity index (χ1) is 25.7. The van der Waals surface area contributed by atoms with Crippen molar-refractivity contribution in [2.75, 3.05) is 145 Å². The lowest BCUT2D eigenvalue weighted by atomic mass is 10.1. The third-order valence-electron chi connectivity index (χ3n) is 7.30. The second-order valence-corrected chi connectivity index (χ2v) is 11.9. The lowest BCUT2D eigenvalue weighted by molar-refractivity contribution is -0.146. The molecule has 0 bridgehead atoms. The van der Waals surface area contributed by atoms with Gasteiger partial charge in [0, 0.05) is 12.8 Å². The van der Waals surface area contributed by atoms with Crippen LogP contribution in [-0.4, -0.2) is 157 Å². The summed E-state index contributed by atoms with van der Waals surface area (Å²) in [6.45, 7) is 14.3. The predicted octanol–water partition coefficient (Wildman–Crippen LogP) is 4.96. The molecule has 0 rings (SSSR count). The highest BCUT2D eigenvalue weighted by molar-refractivity contribution is 5.69. The van der Waals surface area contributed by atoms with Crippen LogP contribution in [-0.2, 0) is 66.4 Å². The Balaban J connectivity index is 3.12. The Kier molecular flexibility index (Phi) is 44.4. The van der Waals surface area contributed by atoms with Crippen LogP contribution < -0.4 is 0 Å². The summed E-state index contributed by atoms with van der Waals surface area (Å²) in [5.74, 6) is -0.305. The number of ether oxygens (including phenoxy) is 12. The smallest absolute Gasteiger partial charge is 0.305 e. The average molecular weight is 755 g/mol. The van der Waals surface area contributed by atoms with E-state index in [9.17, 15) is 9.59 Å². The molecule has 0 heterocycles. The highest BCUT2D eigenvalue weighted by Crippen LogP contribution is 2.08. The van der Waals surface area contributed by atoms with Crippen molar-refractivity contribution in [3.8, 4) is 0 Å². The maximum absolute atomic E-state index is 11.7. The quantitative estimate of drug-likeness (QED) is 0.0610. The van der Waals surface area contributed by atoms with Crippen LogP contribution in [0.1, 0.15) is 90.9 Å². The van der Waals surface area contributed by atoms with Gasteiger partial charge in [0.1, 0.15) is 13.2 Å². The van der Waals surface area contributed by atoms with Crippen LogP contribution in [0.15, 0.2) is 0 Å². The fourth-order valence-electron chi connectivity index (χ4n) is 4.40. The largest absolute Gasteiger partial charge is 0.463 e. The van der Waals surface area contributed by atoms with E-state index in [0.29, 0.717) is 145 Å².